The molecular formula is C21H24S. The lowest BCUT2D eigenvalue weighted by Gasteiger charge is -2.30. The van der Waals surface area contributed by atoms with Crippen LogP contribution in [0.4, 0.5) is 0 Å². The second-order valence-corrected chi connectivity index (χ2v) is 7.56. The highest BCUT2D eigenvalue weighted by Gasteiger charge is 2.25. The zero-order valence-corrected chi connectivity index (χ0v) is 14.1. The molecule has 0 aliphatic heterocycles. The number of allylic oxidation sites excluding steroid dienone is 2. The van der Waals surface area contributed by atoms with Gasteiger partial charge in [-0.1, -0.05) is 60.2 Å². The van der Waals surface area contributed by atoms with Crippen LogP contribution < -0.4 is 0 Å². The molecule has 3 rings (SSSR count). The Labute approximate surface area is 138 Å². The van der Waals surface area contributed by atoms with E-state index in [2.05, 4.69) is 85.4 Å². The molecule has 22 heavy (non-hydrogen) atoms. The fraction of sp³-hybridized carbons (Fsp3) is 0.333. The molecule has 0 saturated heterocycles. The molecule has 0 saturated carbocycles. The largest absolute Gasteiger partial charge is 0.122 e. The highest BCUT2D eigenvalue weighted by Crippen LogP contribution is 2.39. The van der Waals surface area contributed by atoms with Crippen molar-refractivity contribution >= 4 is 11.8 Å². The summed E-state index contributed by atoms with van der Waals surface area (Å²) >= 11 is 2.07. The first-order chi connectivity index (χ1) is 10.8. The first-order valence-corrected chi connectivity index (χ1v) is 9.10. The minimum atomic E-state index is 0.717. The Bertz CT molecular complexity index is 600. The minimum absolute atomic E-state index is 0.717. The zero-order chi connectivity index (χ0) is 15.2. The van der Waals surface area contributed by atoms with Crippen molar-refractivity contribution in [2.45, 2.75) is 42.8 Å². The van der Waals surface area contributed by atoms with Crippen LogP contribution in [-0.4, -0.2) is 5.25 Å². The van der Waals surface area contributed by atoms with Gasteiger partial charge in [-0.25, -0.2) is 0 Å². The standard InChI is InChI=1S/C21H24S/c1-17-12-15-21(22-20-10-6-3-7-11-20)19(16-17)14-13-18-8-4-2-5-9-18/h2-12,19,21H,13-16H2,1H3/t19-,21-/m1/s1. The van der Waals surface area contributed by atoms with Gasteiger partial charge in [0.25, 0.3) is 0 Å². The smallest absolute Gasteiger partial charge is 0.0160 e. The zero-order valence-electron chi connectivity index (χ0n) is 13.2. The molecule has 0 aromatic heterocycles. The number of hydrogen-bond donors (Lipinski definition) is 0. The van der Waals surface area contributed by atoms with Gasteiger partial charge in [-0.2, -0.15) is 0 Å². The molecule has 0 spiro atoms. The number of rotatable bonds is 5. The lowest BCUT2D eigenvalue weighted by Crippen LogP contribution is -2.21. The molecule has 1 aliphatic carbocycles. The van der Waals surface area contributed by atoms with Crippen molar-refractivity contribution in [1.29, 1.82) is 0 Å². The van der Waals surface area contributed by atoms with E-state index in [1.807, 2.05) is 0 Å². The Morgan fingerprint density at radius 1 is 0.955 bits per heavy atom. The number of benzene rings is 2. The molecule has 2 aromatic rings. The van der Waals surface area contributed by atoms with Crippen LogP contribution in [0.15, 0.2) is 77.2 Å². The van der Waals surface area contributed by atoms with E-state index in [0.717, 1.165) is 11.2 Å². The highest BCUT2D eigenvalue weighted by molar-refractivity contribution is 8.00. The van der Waals surface area contributed by atoms with Crippen LogP contribution in [0.3, 0.4) is 0 Å². The maximum atomic E-state index is 2.44. The molecule has 1 aliphatic rings. The molecule has 114 valence electrons. The van der Waals surface area contributed by atoms with Gasteiger partial charge >= 0.3 is 0 Å². The predicted octanol–water partition coefficient (Wildman–Crippen LogP) is 6.14. The van der Waals surface area contributed by atoms with E-state index >= 15 is 0 Å². The quantitative estimate of drug-likeness (QED) is 0.598. The maximum absolute atomic E-state index is 2.44. The fourth-order valence-corrected chi connectivity index (χ4v) is 4.52. The van der Waals surface area contributed by atoms with Crippen LogP contribution >= 0.6 is 11.8 Å². The third-order valence-corrected chi connectivity index (χ3v) is 5.91. The summed E-state index contributed by atoms with van der Waals surface area (Å²) in [5.41, 5.74) is 3.04. The average molecular weight is 308 g/mol. The van der Waals surface area contributed by atoms with E-state index in [-0.39, 0.29) is 0 Å². The highest BCUT2D eigenvalue weighted by atomic mass is 32.2. The third kappa shape index (κ3) is 4.27. The van der Waals surface area contributed by atoms with Crippen molar-refractivity contribution in [3.8, 4) is 0 Å². The summed E-state index contributed by atoms with van der Waals surface area (Å²) in [6.07, 6.45) is 7.41. The van der Waals surface area contributed by atoms with Gasteiger partial charge in [0.05, 0.1) is 0 Å². The second-order valence-electron chi connectivity index (χ2n) is 6.24. The lowest BCUT2D eigenvalue weighted by atomic mass is 9.85. The second kappa shape index (κ2) is 7.69. The minimum Gasteiger partial charge on any atom is -0.122 e. The summed E-state index contributed by atoms with van der Waals surface area (Å²) in [5.74, 6) is 0.787. The van der Waals surface area contributed by atoms with E-state index in [9.17, 15) is 0 Å². The van der Waals surface area contributed by atoms with Gasteiger partial charge in [0.1, 0.15) is 0 Å². The summed E-state index contributed by atoms with van der Waals surface area (Å²) in [6, 6.07) is 21.8. The summed E-state index contributed by atoms with van der Waals surface area (Å²) < 4.78 is 0. The molecular weight excluding hydrogens is 284 g/mol. The van der Waals surface area contributed by atoms with Gasteiger partial charge in [-0.05, 0) is 56.2 Å². The van der Waals surface area contributed by atoms with Crippen LogP contribution in [0.1, 0.15) is 31.7 Å². The predicted molar refractivity (Wildman–Crippen MR) is 97.3 cm³/mol. The van der Waals surface area contributed by atoms with Crippen LogP contribution in [0.25, 0.3) is 0 Å². The summed E-state index contributed by atoms with van der Waals surface area (Å²) in [4.78, 5) is 1.41. The Kier molecular flexibility index (Phi) is 5.39. The number of hydrogen-bond acceptors (Lipinski definition) is 1. The van der Waals surface area contributed by atoms with E-state index in [1.165, 1.54) is 36.1 Å². The van der Waals surface area contributed by atoms with Crippen molar-refractivity contribution in [2.75, 3.05) is 0 Å². The van der Waals surface area contributed by atoms with Crippen LogP contribution in [-0.2, 0) is 6.42 Å². The topological polar surface area (TPSA) is 0 Å². The van der Waals surface area contributed by atoms with Gasteiger partial charge in [-0.3, -0.25) is 0 Å². The van der Waals surface area contributed by atoms with Crippen LogP contribution in [0, 0.1) is 5.92 Å². The number of thioether (sulfide) groups is 1. The molecule has 0 unspecified atom stereocenters. The van der Waals surface area contributed by atoms with Gasteiger partial charge in [-0.15, -0.1) is 11.8 Å². The third-order valence-electron chi connectivity index (χ3n) is 4.49. The SMILES string of the molecule is CC1=CC[C@@H](Sc2ccccc2)[C@H](CCc2ccccc2)C1. The first kappa shape index (κ1) is 15.4. The van der Waals surface area contributed by atoms with E-state index < -0.39 is 0 Å². The van der Waals surface area contributed by atoms with E-state index in [4.69, 9.17) is 0 Å². The number of aryl methyl sites for hydroxylation is 1. The van der Waals surface area contributed by atoms with Crippen molar-refractivity contribution in [3.05, 3.63) is 77.9 Å². The van der Waals surface area contributed by atoms with E-state index in [0.29, 0.717) is 0 Å². The van der Waals surface area contributed by atoms with E-state index in [1.54, 1.807) is 5.57 Å². The summed E-state index contributed by atoms with van der Waals surface area (Å²) in [6.45, 7) is 2.29. The Balaban J connectivity index is 1.65. The molecule has 2 atom stereocenters. The molecule has 0 N–H and O–H groups in total. The Morgan fingerprint density at radius 2 is 1.64 bits per heavy atom. The average Bonchev–Trinajstić information content (AvgIpc) is 2.57. The summed E-state index contributed by atoms with van der Waals surface area (Å²) in [5, 5.41) is 0.717. The Hall–Kier alpha value is -1.47. The lowest BCUT2D eigenvalue weighted by molar-refractivity contribution is 0.446. The molecule has 0 radical (unpaired) electrons. The van der Waals surface area contributed by atoms with Crippen LogP contribution in [0.2, 0.25) is 0 Å². The van der Waals surface area contributed by atoms with Crippen LogP contribution in [0.5, 0.6) is 0 Å². The van der Waals surface area contributed by atoms with Gasteiger partial charge in [0, 0.05) is 10.1 Å². The molecule has 1 heteroatoms. The summed E-state index contributed by atoms with van der Waals surface area (Å²) in [7, 11) is 0. The molecule has 0 fully saturated rings. The van der Waals surface area contributed by atoms with Gasteiger partial charge in [0.2, 0.25) is 0 Å². The molecule has 0 bridgehead atoms. The molecule has 0 amide bonds. The fourth-order valence-electron chi connectivity index (χ4n) is 3.24. The monoisotopic (exact) mass is 308 g/mol. The van der Waals surface area contributed by atoms with Crippen molar-refractivity contribution in [3.63, 3.8) is 0 Å². The van der Waals surface area contributed by atoms with Crippen molar-refractivity contribution in [2.24, 2.45) is 5.92 Å². The van der Waals surface area contributed by atoms with Crippen molar-refractivity contribution in [1.82, 2.24) is 0 Å². The maximum Gasteiger partial charge on any atom is 0.0160 e. The normalized spacial score (nSPS) is 21.4. The van der Waals surface area contributed by atoms with Gasteiger partial charge in [0.15, 0.2) is 0 Å². The first-order valence-electron chi connectivity index (χ1n) is 8.22. The van der Waals surface area contributed by atoms with Crippen molar-refractivity contribution < 1.29 is 0 Å². The van der Waals surface area contributed by atoms with Gasteiger partial charge < -0.3 is 0 Å². The molecule has 0 heterocycles. The Morgan fingerprint density at radius 3 is 2.36 bits per heavy atom. The molecule has 0 nitrogen and oxygen atoms in total. The molecule has 2 aromatic carbocycles.